The minimum Gasteiger partial charge on any atom is -0.355 e. The first kappa shape index (κ1) is 18.0. The van der Waals surface area contributed by atoms with Gasteiger partial charge < -0.3 is 5.32 Å². The summed E-state index contributed by atoms with van der Waals surface area (Å²) < 4.78 is 0. The highest BCUT2D eigenvalue weighted by Gasteiger charge is 2.18. The first-order valence-corrected chi connectivity index (χ1v) is 8.63. The van der Waals surface area contributed by atoms with E-state index < -0.39 is 0 Å². The van der Waals surface area contributed by atoms with Crippen LogP contribution in [0.25, 0.3) is 0 Å². The van der Waals surface area contributed by atoms with Gasteiger partial charge in [0.25, 0.3) is 0 Å². The van der Waals surface area contributed by atoms with Crippen molar-refractivity contribution in [2.24, 2.45) is 0 Å². The molecule has 23 heavy (non-hydrogen) atoms. The Kier molecular flexibility index (Phi) is 6.19. The first-order chi connectivity index (χ1) is 10.8. The van der Waals surface area contributed by atoms with E-state index in [4.69, 9.17) is 0 Å². The van der Waals surface area contributed by atoms with Crippen molar-refractivity contribution in [2.75, 3.05) is 39.3 Å². The van der Waals surface area contributed by atoms with Gasteiger partial charge in [-0.15, -0.1) is 0 Å². The zero-order valence-corrected chi connectivity index (χ0v) is 15.1. The molecular formula is C19H31N3O. The third kappa shape index (κ3) is 5.96. The summed E-state index contributed by atoms with van der Waals surface area (Å²) in [4.78, 5) is 15.9. The molecule has 0 aliphatic carbocycles. The topological polar surface area (TPSA) is 35.6 Å². The summed E-state index contributed by atoms with van der Waals surface area (Å²) in [7, 11) is 0. The molecule has 4 heteroatoms. The Hall–Kier alpha value is -1.39. The molecule has 1 aromatic carbocycles. The summed E-state index contributed by atoms with van der Waals surface area (Å²) in [5.74, 6) is 0.0577. The minimum absolute atomic E-state index is 0.0577. The quantitative estimate of drug-likeness (QED) is 0.905. The van der Waals surface area contributed by atoms with Gasteiger partial charge in [-0.05, 0) is 16.5 Å². The van der Waals surface area contributed by atoms with Gasteiger partial charge >= 0.3 is 0 Å². The van der Waals surface area contributed by atoms with Crippen molar-refractivity contribution < 1.29 is 4.79 Å². The number of carbonyl (C=O) groups excluding carboxylic acids is 1. The van der Waals surface area contributed by atoms with Crippen LogP contribution in [0, 0.1) is 0 Å². The van der Waals surface area contributed by atoms with Crippen LogP contribution >= 0.6 is 0 Å². The highest BCUT2D eigenvalue weighted by Crippen LogP contribution is 2.23. The maximum atomic E-state index is 10.9. The number of hydrogen-bond donors (Lipinski definition) is 1. The summed E-state index contributed by atoms with van der Waals surface area (Å²) in [5, 5.41) is 2.87. The Labute approximate surface area is 140 Å². The molecule has 4 nitrogen and oxygen atoms in total. The fourth-order valence-corrected chi connectivity index (χ4v) is 2.96. The average Bonchev–Trinajstić information content (AvgIpc) is 2.48. The third-order valence-electron chi connectivity index (χ3n) is 4.47. The van der Waals surface area contributed by atoms with Crippen molar-refractivity contribution in [3.05, 3.63) is 35.4 Å². The van der Waals surface area contributed by atoms with Crippen LogP contribution in [0.2, 0.25) is 0 Å². The van der Waals surface area contributed by atoms with E-state index in [1.807, 2.05) is 0 Å². The van der Waals surface area contributed by atoms with Crippen LogP contribution in [0.15, 0.2) is 24.3 Å². The van der Waals surface area contributed by atoms with Gasteiger partial charge in [-0.1, -0.05) is 45.0 Å². The fourth-order valence-electron chi connectivity index (χ4n) is 2.96. The zero-order valence-electron chi connectivity index (χ0n) is 15.1. The van der Waals surface area contributed by atoms with E-state index in [0.717, 1.165) is 45.8 Å². The van der Waals surface area contributed by atoms with Gasteiger partial charge in [0.2, 0.25) is 5.91 Å². The summed E-state index contributed by atoms with van der Waals surface area (Å²) >= 11 is 0. The van der Waals surface area contributed by atoms with Crippen molar-refractivity contribution in [1.29, 1.82) is 0 Å². The second-order valence-corrected chi connectivity index (χ2v) is 7.55. The number of nitrogens with one attached hydrogen (secondary N) is 1. The molecule has 0 saturated carbocycles. The Morgan fingerprint density at radius 3 is 2.39 bits per heavy atom. The third-order valence-corrected chi connectivity index (χ3v) is 4.47. The molecule has 0 atom stereocenters. The van der Waals surface area contributed by atoms with Crippen LogP contribution in [-0.4, -0.2) is 55.0 Å². The molecule has 1 aromatic rings. The molecule has 1 fully saturated rings. The summed E-state index contributed by atoms with van der Waals surface area (Å²) in [5.41, 5.74) is 3.02. The number of amides is 1. The molecule has 0 spiro atoms. The van der Waals surface area contributed by atoms with Gasteiger partial charge in [0.05, 0.1) is 0 Å². The Balaban J connectivity index is 1.79. The van der Waals surface area contributed by atoms with Crippen molar-refractivity contribution in [2.45, 2.75) is 39.7 Å². The molecule has 0 unspecified atom stereocenters. The predicted octanol–water partition coefficient (Wildman–Crippen LogP) is 2.24. The fraction of sp³-hybridized carbons (Fsp3) is 0.632. The van der Waals surface area contributed by atoms with E-state index in [9.17, 15) is 4.79 Å². The number of piperazine rings is 1. The van der Waals surface area contributed by atoms with Crippen molar-refractivity contribution in [3.63, 3.8) is 0 Å². The molecule has 2 rings (SSSR count). The lowest BCUT2D eigenvalue weighted by molar-refractivity contribution is -0.119. The van der Waals surface area contributed by atoms with E-state index in [2.05, 4.69) is 60.2 Å². The van der Waals surface area contributed by atoms with E-state index >= 15 is 0 Å². The number of carbonyl (C=O) groups is 1. The van der Waals surface area contributed by atoms with Gasteiger partial charge in [-0.3, -0.25) is 14.6 Å². The normalized spacial score (nSPS) is 17.2. The number of nitrogens with zero attached hydrogens (tertiary/aromatic N) is 2. The van der Waals surface area contributed by atoms with E-state index in [0.29, 0.717) is 0 Å². The molecule has 1 amide bonds. The number of rotatable bonds is 5. The number of hydrogen-bond acceptors (Lipinski definition) is 3. The van der Waals surface area contributed by atoms with E-state index in [1.165, 1.54) is 11.1 Å². The Morgan fingerprint density at radius 1 is 1.13 bits per heavy atom. The Bertz CT molecular complexity index is 514. The molecule has 0 radical (unpaired) electrons. The van der Waals surface area contributed by atoms with Crippen molar-refractivity contribution in [3.8, 4) is 0 Å². The second-order valence-electron chi connectivity index (χ2n) is 7.55. The summed E-state index contributed by atoms with van der Waals surface area (Å²) in [6, 6.07) is 8.99. The minimum atomic E-state index is 0.0577. The molecule has 0 bridgehead atoms. The standard InChI is InChI=1S/C19H31N3O/c1-16(23)20-8-9-21-10-12-22(13-11-21)15-17-6-5-7-18(14-17)19(2,3)4/h5-7,14H,8-13,15H2,1-4H3,(H,20,23). The lowest BCUT2D eigenvalue weighted by Gasteiger charge is -2.34. The lowest BCUT2D eigenvalue weighted by atomic mass is 9.86. The molecule has 1 saturated heterocycles. The van der Waals surface area contributed by atoms with Crippen LogP contribution in [0.5, 0.6) is 0 Å². The molecule has 128 valence electrons. The van der Waals surface area contributed by atoms with Gasteiger partial charge in [0, 0.05) is 52.7 Å². The molecule has 1 aliphatic rings. The van der Waals surface area contributed by atoms with Crippen LogP contribution in [0.3, 0.4) is 0 Å². The van der Waals surface area contributed by atoms with Crippen LogP contribution in [0.4, 0.5) is 0 Å². The average molecular weight is 317 g/mol. The monoisotopic (exact) mass is 317 g/mol. The van der Waals surface area contributed by atoms with Gasteiger partial charge in [0.1, 0.15) is 0 Å². The first-order valence-electron chi connectivity index (χ1n) is 8.63. The molecule has 1 aliphatic heterocycles. The largest absolute Gasteiger partial charge is 0.355 e. The van der Waals surface area contributed by atoms with Crippen LogP contribution in [0.1, 0.15) is 38.8 Å². The van der Waals surface area contributed by atoms with Gasteiger partial charge in [0.15, 0.2) is 0 Å². The highest BCUT2D eigenvalue weighted by atomic mass is 16.1. The maximum absolute atomic E-state index is 10.9. The summed E-state index contributed by atoms with van der Waals surface area (Å²) in [6.07, 6.45) is 0. The lowest BCUT2D eigenvalue weighted by Crippen LogP contribution is -2.47. The molecular weight excluding hydrogens is 286 g/mol. The molecule has 0 aromatic heterocycles. The van der Waals surface area contributed by atoms with Crippen LogP contribution < -0.4 is 5.32 Å². The maximum Gasteiger partial charge on any atom is 0.216 e. The van der Waals surface area contributed by atoms with Gasteiger partial charge in [-0.2, -0.15) is 0 Å². The van der Waals surface area contributed by atoms with Gasteiger partial charge in [-0.25, -0.2) is 0 Å². The van der Waals surface area contributed by atoms with E-state index in [-0.39, 0.29) is 11.3 Å². The summed E-state index contributed by atoms with van der Waals surface area (Å²) in [6.45, 7) is 15.5. The SMILES string of the molecule is CC(=O)NCCN1CCN(Cc2cccc(C(C)(C)C)c2)CC1. The molecule has 1 heterocycles. The zero-order chi connectivity index (χ0) is 16.9. The smallest absolute Gasteiger partial charge is 0.216 e. The van der Waals surface area contributed by atoms with E-state index in [1.54, 1.807) is 6.92 Å². The second kappa shape index (κ2) is 7.93. The van der Waals surface area contributed by atoms with Crippen molar-refractivity contribution in [1.82, 2.24) is 15.1 Å². The predicted molar refractivity (Wildman–Crippen MR) is 95.5 cm³/mol. The van der Waals surface area contributed by atoms with Crippen molar-refractivity contribution >= 4 is 5.91 Å². The molecule has 1 N–H and O–H groups in total. The Morgan fingerprint density at radius 2 is 1.78 bits per heavy atom. The number of benzene rings is 1. The van der Waals surface area contributed by atoms with Crippen LogP contribution in [-0.2, 0) is 16.8 Å². The highest BCUT2D eigenvalue weighted by molar-refractivity contribution is 5.72.